The summed E-state index contributed by atoms with van der Waals surface area (Å²) in [5, 5.41) is 13.3. The number of carbonyl (C=O) groups excluding carboxylic acids is 1. The Morgan fingerprint density at radius 3 is 2.62 bits per heavy atom. The Morgan fingerprint density at radius 1 is 1.19 bits per heavy atom. The molecule has 2 fully saturated rings. The number of hydrogen-bond donors (Lipinski definition) is 3. The topological polar surface area (TPSA) is 147 Å². The second kappa shape index (κ2) is 9.70. The van der Waals surface area contributed by atoms with Crippen LogP contribution in [0.15, 0.2) is 35.7 Å². The van der Waals surface area contributed by atoms with Crippen molar-refractivity contribution in [2.75, 3.05) is 23.8 Å². The molecule has 1 aliphatic heterocycles. The first-order chi connectivity index (χ1) is 15.5. The zero-order chi connectivity index (χ0) is 22.6. The molecule has 0 bridgehead atoms. The SMILES string of the molecule is N=Cc1c(S(=O)(=O)C2CC2)ccnc1NC(CC1CCOCC1)C(=O)Nc1cnccn1. The Labute approximate surface area is 186 Å². The second-order valence-corrected chi connectivity index (χ2v) is 10.2. The van der Waals surface area contributed by atoms with E-state index in [1.807, 2.05) is 0 Å². The van der Waals surface area contributed by atoms with Crippen LogP contribution in [0.2, 0.25) is 0 Å². The first kappa shape index (κ1) is 22.3. The first-order valence-corrected chi connectivity index (χ1v) is 12.2. The number of carbonyl (C=O) groups is 1. The Bertz CT molecular complexity index is 1070. The molecule has 10 nitrogen and oxygen atoms in total. The highest BCUT2D eigenvalue weighted by Gasteiger charge is 2.38. The zero-order valence-electron chi connectivity index (χ0n) is 17.5. The van der Waals surface area contributed by atoms with Crippen LogP contribution in [-0.4, -0.2) is 60.0 Å². The van der Waals surface area contributed by atoms with Gasteiger partial charge in [-0.15, -0.1) is 0 Å². The van der Waals surface area contributed by atoms with E-state index in [2.05, 4.69) is 25.6 Å². The van der Waals surface area contributed by atoms with Crippen LogP contribution >= 0.6 is 0 Å². The summed E-state index contributed by atoms with van der Waals surface area (Å²) in [6.45, 7) is 1.28. The summed E-state index contributed by atoms with van der Waals surface area (Å²) in [7, 11) is -3.53. The quantitative estimate of drug-likeness (QED) is 0.484. The smallest absolute Gasteiger partial charge is 0.248 e. The summed E-state index contributed by atoms with van der Waals surface area (Å²) in [6, 6.07) is 0.719. The fourth-order valence-electron chi connectivity index (χ4n) is 3.80. The molecule has 1 atom stereocenters. The van der Waals surface area contributed by atoms with Crippen LogP contribution < -0.4 is 10.6 Å². The van der Waals surface area contributed by atoms with Crippen LogP contribution in [0.4, 0.5) is 11.6 Å². The van der Waals surface area contributed by atoms with E-state index in [0.29, 0.717) is 38.3 Å². The Kier molecular flexibility index (Phi) is 6.75. The highest BCUT2D eigenvalue weighted by Crippen LogP contribution is 2.36. The molecule has 0 aromatic carbocycles. The van der Waals surface area contributed by atoms with Gasteiger partial charge in [0.05, 0.1) is 21.9 Å². The molecule has 2 aromatic rings. The van der Waals surface area contributed by atoms with Crippen molar-refractivity contribution in [3.8, 4) is 0 Å². The lowest BCUT2D eigenvalue weighted by Gasteiger charge is -2.27. The van der Waals surface area contributed by atoms with Crippen LogP contribution in [-0.2, 0) is 19.4 Å². The maximum absolute atomic E-state index is 13.1. The maximum Gasteiger partial charge on any atom is 0.248 e. The summed E-state index contributed by atoms with van der Waals surface area (Å²) in [6.07, 6.45) is 10.2. The minimum atomic E-state index is -3.53. The van der Waals surface area contributed by atoms with Crippen LogP contribution in [0.5, 0.6) is 0 Å². The minimum Gasteiger partial charge on any atom is -0.381 e. The van der Waals surface area contributed by atoms with Crippen LogP contribution in [0, 0.1) is 11.3 Å². The van der Waals surface area contributed by atoms with Crippen LogP contribution in [0.1, 0.15) is 37.7 Å². The summed E-state index contributed by atoms with van der Waals surface area (Å²) >= 11 is 0. The van der Waals surface area contributed by atoms with E-state index in [-0.39, 0.29) is 28.1 Å². The predicted octanol–water partition coefficient (Wildman–Crippen LogP) is 2.04. The fourth-order valence-corrected chi connectivity index (χ4v) is 5.63. The van der Waals surface area contributed by atoms with Gasteiger partial charge in [-0.25, -0.2) is 18.4 Å². The predicted molar refractivity (Wildman–Crippen MR) is 119 cm³/mol. The van der Waals surface area contributed by atoms with Crippen molar-refractivity contribution < 1.29 is 17.9 Å². The number of rotatable bonds is 9. The number of nitrogens with zero attached hydrogens (tertiary/aromatic N) is 3. The number of hydrogen-bond acceptors (Lipinski definition) is 9. The van der Waals surface area contributed by atoms with Gasteiger partial charge < -0.3 is 20.8 Å². The summed E-state index contributed by atoms with van der Waals surface area (Å²) in [5.41, 5.74) is 0.170. The first-order valence-electron chi connectivity index (χ1n) is 10.6. The van der Waals surface area contributed by atoms with Crippen molar-refractivity contribution in [1.29, 1.82) is 5.41 Å². The molecule has 1 saturated carbocycles. The molecule has 4 rings (SSSR count). The van der Waals surface area contributed by atoms with E-state index >= 15 is 0 Å². The zero-order valence-corrected chi connectivity index (χ0v) is 18.3. The van der Waals surface area contributed by atoms with Crippen molar-refractivity contribution in [2.24, 2.45) is 5.92 Å². The van der Waals surface area contributed by atoms with E-state index in [1.165, 1.54) is 30.9 Å². The number of sulfone groups is 1. The lowest BCUT2D eigenvalue weighted by Crippen LogP contribution is -2.38. The summed E-state index contributed by atoms with van der Waals surface area (Å²) in [4.78, 5) is 25.5. The average Bonchev–Trinajstić information content (AvgIpc) is 3.66. The average molecular weight is 459 g/mol. The molecule has 3 N–H and O–H groups in total. The van der Waals surface area contributed by atoms with E-state index in [1.54, 1.807) is 0 Å². The van der Waals surface area contributed by atoms with Gasteiger partial charge in [0.2, 0.25) is 5.91 Å². The Morgan fingerprint density at radius 2 is 1.97 bits per heavy atom. The third-order valence-electron chi connectivity index (χ3n) is 5.72. The largest absolute Gasteiger partial charge is 0.381 e. The lowest BCUT2D eigenvalue weighted by atomic mass is 9.92. The van der Waals surface area contributed by atoms with Crippen molar-refractivity contribution in [3.05, 3.63) is 36.4 Å². The number of aromatic nitrogens is 3. The van der Waals surface area contributed by atoms with E-state index in [9.17, 15) is 13.2 Å². The monoisotopic (exact) mass is 458 g/mol. The molecule has 170 valence electrons. The van der Waals surface area contributed by atoms with Gasteiger partial charge >= 0.3 is 0 Å². The molecule has 1 amide bonds. The fraction of sp³-hybridized carbons (Fsp3) is 0.476. The minimum absolute atomic E-state index is 0.0756. The van der Waals surface area contributed by atoms with Crippen molar-refractivity contribution in [3.63, 3.8) is 0 Å². The van der Waals surface area contributed by atoms with Gasteiger partial charge in [-0.2, -0.15) is 0 Å². The van der Waals surface area contributed by atoms with E-state index in [4.69, 9.17) is 10.1 Å². The Hall–Kier alpha value is -2.92. The molecule has 2 aromatic heterocycles. The second-order valence-electron chi connectivity index (χ2n) is 8.03. The number of pyridine rings is 1. The number of ether oxygens (including phenoxy) is 1. The molecule has 1 unspecified atom stereocenters. The van der Waals surface area contributed by atoms with Gasteiger partial charge in [0.1, 0.15) is 11.9 Å². The number of amides is 1. The van der Waals surface area contributed by atoms with E-state index < -0.39 is 21.1 Å². The standard InChI is InChI=1S/C21H26N6O4S/c22-12-16-18(32(29,30)15-1-2-15)3-6-25-20(16)26-17(11-14-4-9-31-10-5-14)21(28)27-19-13-23-7-8-24-19/h3,6-8,12-15,17,22H,1-2,4-5,9-11H2,(H,25,26)(H,24,27,28). The maximum atomic E-state index is 13.1. The van der Waals surface area contributed by atoms with Crippen LogP contribution in [0.3, 0.4) is 0 Å². The lowest BCUT2D eigenvalue weighted by molar-refractivity contribution is -0.117. The van der Waals surface area contributed by atoms with Gasteiger partial charge in [0.15, 0.2) is 15.7 Å². The van der Waals surface area contributed by atoms with Crippen molar-refractivity contribution >= 4 is 33.6 Å². The van der Waals surface area contributed by atoms with Crippen molar-refractivity contribution in [1.82, 2.24) is 15.0 Å². The molecule has 1 saturated heterocycles. The van der Waals surface area contributed by atoms with Crippen molar-refractivity contribution in [2.45, 2.75) is 48.3 Å². The molecule has 11 heteroatoms. The van der Waals surface area contributed by atoms with Gasteiger partial charge in [0, 0.05) is 38.0 Å². The van der Waals surface area contributed by atoms with Gasteiger partial charge in [-0.1, -0.05) is 0 Å². The Balaban J connectivity index is 1.61. The molecule has 32 heavy (non-hydrogen) atoms. The van der Waals surface area contributed by atoms with Crippen LogP contribution in [0.25, 0.3) is 0 Å². The number of anilines is 2. The third kappa shape index (κ3) is 5.10. The molecule has 0 radical (unpaired) electrons. The van der Waals surface area contributed by atoms with E-state index in [0.717, 1.165) is 19.1 Å². The number of nitrogens with one attached hydrogen (secondary N) is 3. The van der Waals surface area contributed by atoms with Gasteiger partial charge in [-0.3, -0.25) is 9.78 Å². The van der Waals surface area contributed by atoms with Gasteiger partial charge in [-0.05, 0) is 44.1 Å². The molecule has 2 aliphatic rings. The highest BCUT2D eigenvalue weighted by atomic mass is 32.2. The highest BCUT2D eigenvalue weighted by molar-refractivity contribution is 7.92. The summed E-state index contributed by atoms with van der Waals surface area (Å²) < 4.78 is 31.1. The molecular weight excluding hydrogens is 432 g/mol. The molecule has 0 spiro atoms. The third-order valence-corrected chi connectivity index (χ3v) is 8.03. The normalized spacial score (nSPS) is 18.0. The molecular formula is C21H26N6O4S. The molecule has 1 aliphatic carbocycles. The molecule has 3 heterocycles. The summed E-state index contributed by atoms with van der Waals surface area (Å²) in [5.74, 6) is 0.454. The van der Waals surface area contributed by atoms with Gasteiger partial charge in [0.25, 0.3) is 0 Å².